The highest BCUT2D eigenvalue weighted by molar-refractivity contribution is 5.88. The molecule has 68 valence electrons. The molecule has 0 bridgehead atoms. The maximum Gasteiger partial charge on any atom is 0.331 e. The molecule has 1 atom stereocenters. The summed E-state index contributed by atoms with van der Waals surface area (Å²) in [7, 11) is 0. The molecule has 0 saturated heterocycles. The van der Waals surface area contributed by atoms with Crippen LogP contribution in [0.3, 0.4) is 0 Å². The van der Waals surface area contributed by atoms with Crippen LogP contribution < -0.4 is 5.73 Å². The lowest BCUT2D eigenvalue weighted by Gasteiger charge is -2.05. The predicted octanol–water partition coefficient (Wildman–Crippen LogP) is -0.181. The highest BCUT2D eigenvalue weighted by atomic mass is 16.4. The van der Waals surface area contributed by atoms with Gasteiger partial charge in [0.15, 0.2) is 0 Å². The summed E-state index contributed by atoms with van der Waals surface area (Å²) < 4.78 is 0. The van der Waals surface area contributed by atoms with E-state index in [2.05, 4.69) is 0 Å². The molecule has 0 fully saturated rings. The molecule has 0 amide bonds. The predicted molar refractivity (Wildman–Crippen MR) is 41.6 cm³/mol. The highest BCUT2D eigenvalue weighted by Gasteiger charge is 2.16. The van der Waals surface area contributed by atoms with E-state index in [1.165, 1.54) is 13.0 Å². The summed E-state index contributed by atoms with van der Waals surface area (Å²) in [5.74, 6) is -2.33. The van der Waals surface area contributed by atoms with Crippen molar-refractivity contribution in [2.75, 3.05) is 0 Å². The lowest BCUT2D eigenvalue weighted by molar-refractivity contribution is -0.138. The van der Waals surface area contributed by atoms with Gasteiger partial charge >= 0.3 is 11.9 Å². The van der Waals surface area contributed by atoms with Gasteiger partial charge in [0, 0.05) is 12.0 Å². The summed E-state index contributed by atoms with van der Waals surface area (Å²) >= 11 is 0. The minimum Gasteiger partial charge on any atom is -0.480 e. The Morgan fingerprint density at radius 3 is 2.25 bits per heavy atom. The third-order valence-corrected chi connectivity index (χ3v) is 1.38. The van der Waals surface area contributed by atoms with Crippen molar-refractivity contribution in [1.29, 1.82) is 0 Å². The molecule has 0 aliphatic rings. The summed E-state index contributed by atoms with van der Waals surface area (Å²) in [6.07, 6.45) is 1.19. The molecule has 0 aromatic heterocycles. The van der Waals surface area contributed by atoms with Crippen molar-refractivity contribution in [1.82, 2.24) is 0 Å². The van der Waals surface area contributed by atoms with Crippen molar-refractivity contribution < 1.29 is 19.8 Å². The first-order chi connectivity index (χ1) is 5.49. The molecule has 0 aromatic rings. The van der Waals surface area contributed by atoms with Crippen LogP contribution in [0.5, 0.6) is 0 Å². The van der Waals surface area contributed by atoms with Gasteiger partial charge < -0.3 is 15.9 Å². The van der Waals surface area contributed by atoms with Crippen LogP contribution in [0.25, 0.3) is 0 Å². The third kappa shape index (κ3) is 3.16. The molecular weight excluding hydrogens is 162 g/mol. The first-order valence-electron chi connectivity index (χ1n) is 3.36. The number of allylic oxidation sites excluding steroid dienone is 1. The number of carbonyl (C=O) groups is 2. The van der Waals surface area contributed by atoms with E-state index in [9.17, 15) is 9.59 Å². The van der Waals surface area contributed by atoms with Crippen LogP contribution in [-0.2, 0) is 9.59 Å². The monoisotopic (exact) mass is 173 g/mol. The Morgan fingerprint density at radius 2 is 2.00 bits per heavy atom. The quantitative estimate of drug-likeness (QED) is 0.512. The van der Waals surface area contributed by atoms with Crippen molar-refractivity contribution in [3.8, 4) is 0 Å². The Morgan fingerprint density at radius 1 is 1.50 bits per heavy atom. The number of carboxylic acids is 2. The maximum absolute atomic E-state index is 10.4. The third-order valence-electron chi connectivity index (χ3n) is 1.38. The van der Waals surface area contributed by atoms with Gasteiger partial charge in [-0.3, -0.25) is 4.79 Å². The van der Waals surface area contributed by atoms with E-state index < -0.39 is 18.0 Å². The summed E-state index contributed by atoms with van der Waals surface area (Å²) in [6.45, 7) is 1.53. The number of aliphatic carboxylic acids is 2. The molecule has 12 heavy (non-hydrogen) atoms. The van der Waals surface area contributed by atoms with Gasteiger partial charge in [0.1, 0.15) is 6.04 Å². The summed E-state index contributed by atoms with van der Waals surface area (Å²) in [5.41, 5.74) is 5.15. The molecule has 0 aromatic carbocycles. The molecule has 5 heteroatoms. The molecular formula is C7H11NO4. The Hall–Kier alpha value is -1.36. The summed E-state index contributed by atoms with van der Waals surface area (Å²) in [6, 6.07) is -1.15. The minimum atomic E-state index is -1.20. The minimum absolute atomic E-state index is 0.0184. The van der Waals surface area contributed by atoms with E-state index in [1.807, 2.05) is 0 Å². The zero-order chi connectivity index (χ0) is 9.72. The van der Waals surface area contributed by atoms with Crippen LogP contribution in [0.4, 0.5) is 0 Å². The van der Waals surface area contributed by atoms with Crippen LogP contribution in [-0.4, -0.2) is 28.2 Å². The topological polar surface area (TPSA) is 101 Å². The average molecular weight is 173 g/mol. The molecule has 0 aliphatic heterocycles. The van der Waals surface area contributed by atoms with Crippen LogP contribution in [0.1, 0.15) is 13.3 Å². The number of hydrogen-bond acceptors (Lipinski definition) is 3. The van der Waals surface area contributed by atoms with Gasteiger partial charge in [-0.15, -0.1) is 0 Å². The van der Waals surface area contributed by atoms with E-state index in [0.29, 0.717) is 0 Å². The summed E-state index contributed by atoms with van der Waals surface area (Å²) in [4.78, 5) is 20.6. The van der Waals surface area contributed by atoms with Crippen LogP contribution in [0.2, 0.25) is 0 Å². The second-order valence-electron chi connectivity index (χ2n) is 2.27. The van der Waals surface area contributed by atoms with Crippen molar-refractivity contribution >= 4 is 11.9 Å². The van der Waals surface area contributed by atoms with Crippen LogP contribution in [0.15, 0.2) is 11.6 Å². The molecule has 0 unspecified atom stereocenters. The number of rotatable bonds is 4. The van der Waals surface area contributed by atoms with Crippen molar-refractivity contribution in [2.24, 2.45) is 5.73 Å². The fraction of sp³-hybridized carbons (Fsp3) is 0.429. The van der Waals surface area contributed by atoms with Crippen molar-refractivity contribution in [2.45, 2.75) is 19.4 Å². The van der Waals surface area contributed by atoms with E-state index in [4.69, 9.17) is 15.9 Å². The molecule has 4 N–H and O–H groups in total. The molecule has 0 rings (SSSR count). The second-order valence-corrected chi connectivity index (χ2v) is 2.27. The largest absolute Gasteiger partial charge is 0.480 e. The second kappa shape index (κ2) is 4.50. The number of carboxylic acid groups (broad SMARTS) is 2. The molecule has 0 saturated carbocycles. The number of nitrogens with two attached hydrogens (primary N) is 1. The zero-order valence-electron chi connectivity index (χ0n) is 6.65. The Bertz CT molecular complexity index is 221. The smallest absolute Gasteiger partial charge is 0.331 e. The maximum atomic E-state index is 10.4. The highest BCUT2D eigenvalue weighted by Crippen LogP contribution is 2.04. The first-order valence-corrected chi connectivity index (χ1v) is 3.36. The van der Waals surface area contributed by atoms with Gasteiger partial charge in [-0.2, -0.15) is 0 Å². The molecule has 0 heterocycles. The van der Waals surface area contributed by atoms with Crippen molar-refractivity contribution in [3.05, 3.63) is 11.6 Å². The van der Waals surface area contributed by atoms with Gasteiger partial charge in [0.05, 0.1) is 0 Å². The lowest BCUT2D eigenvalue weighted by atomic mass is 10.1. The Kier molecular flexibility index (Phi) is 3.99. The SMILES string of the molecule is C/C=C(\C[C@H](N)C(=O)O)C(=O)O. The zero-order valence-corrected chi connectivity index (χ0v) is 6.65. The van der Waals surface area contributed by atoms with E-state index >= 15 is 0 Å². The van der Waals surface area contributed by atoms with Crippen LogP contribution >= 0.6 is 0 Å². The fourth-order valence-electron chi connectivity index (χ4n) is 0.653. The van der Waals surface area contributed by atoms with Gasteiger partial charge in [0.2, 0.25) is 0 Å². The molecule has 5 nitrogen and oxygen atoms in total. The first kappa shape index (κ1) is 10.6. The molecule has 0 spiro atoms. The van der Waals surface area contributed by atoms with Crippen molar-refractivity contribution in [3.63, 3.8) is 0 Å². The van der Waals surface area contributed by atoms with Crippen LogP contribution in [0, 0.1) is 0 Å². The summed E-state index contributed by atoms with van der Waals surface area (Å²) in [5, 5.41) is 16.9. The lowest BCUT2D eigenvalue weighted by Crippen LogP contribution is -2.31. The average Bonchev–Trinajstić information content (AvgIpc) is 1.98. The fourth-order valence-corrected chi connectivity index (χ4v) is 0.653. The van der Waals surface area contributed by atoms with E-state index in [-0.39, 0.29) is 12.0 Å². The van der Waals surface area contributed by atoms with E-state index in [0.717, 1.165) is 0 Å². The Labute approximate surface area is 69.5 Å². The normalized spacial score (nSPS) is 14.0. The molecule has 0 aliphatic carbocycles. The van der Waals surface area contributed by atoms with Gasteiger partial charge in [0.25, 0.3) is 0 Å². The standard InChI is InChI=1S/C7H11NO4/c1-2-4(6(9)10)3-5(8)7(11)12/h2,5H,3,8H2,1H3,(H,9,10)(H,11,12)/b4-2+/t5-/m0/s1. The van der Waals surface area contributed by atoms with Gasteiger partial charge in [-0.25, -0.2) is 4.79 Å². The van der Waals surface area contributed by atoms with Gasteiger partial charge in [-0.05, 0) is 6.92 Å². The Balaban J connectivity index is 4.23. The molecule has 0 radical (unpaired) electrons. The van der Waals surface area contributed by atoms with Gasteiger partial charge in [-0.1, -0.05) is 6.08 Å². The number of hydrogen-bond donors (Lipinski definition) is 3. The van der Waals surface area contributed by atoms with E-state index in [1.54, 1.807) is 0 Å².